The highest BCUT2D eigenvalue weighted by Gasteiger charge is 2.16. The third-order valence-corrected chi connectivity index (χ3v) is 3.93. The lowest BCUT2D eigenvalue weighted by atomic mass is 10.2. The van der Waals surface area contributed by atoms with Crippen molar-refractivity contribution in [3.8, 4) is 0 Å². The third kappa shape index (κ3) is 5.06. The van der Waals surface area contributed by atoms with Crippen LogP contribution in [-0.4, -0.2) is 31.2 Å². The molecule has 0 bridgehead atoms. The van der Waals surface area contributed by atoms with Crippen LogP contribution in [0.1, 0.15) is 23.2 Å². The standard InChI is InChI=1S/C19H21N3O3/c23-18(14-6-2-1-3-7-14)21-15-8-4-9-16(12-15)22-19(24)20-13-17-10-5-11-25-17/h1-4,6-9,12,17H,5,10-11,13H2,(H,21,23)(H2,20,22,24)/t17-/m0/s1. The fourth-order valence-electron chi connectivity index (χ4n) is 2.65. The van der Waals surface area contributed by atoms with Gasteiger partial charge in [-0.25, -0.2) is 4.79 Å². The van der Waals surface area contributed by atoms with E-state index in [9.17, 15) is 9.59 Å². The smallest absolute Gasteiger partial charge is 0.319 e. The van der Waals surface area contributed by atoms with Gasteiger partial charge in [-0.2, -0.15) is 0 Å². The third-order valence-electron chi connectivity index (χ3n) is 3.93. The summed E-state index contributed by atoms with van der Waals surface area (Å²) in [6.45, 7) is 1.26. The molecule has 1 saturated heterocycles. The van der Waals surface area contributed by atoms with Crippen LogP contribution in [0.25, 0.3) is 0 Å². The molecule has 3 rings (SSSR count). The summed E-state index contributed by atoms with van der Waals surface area (Å²) in [4.78, 5) is 24.1. The first-order chi connectivity index (χ1) is 12.2. The van der Waals surface area contributed by atoms with Crippen LogP contribution >= 0.6 is 0 Å². The molecule has 130 valence electrons. The van der Waals surface area contributed by atoms with Crippen LogP contribution in [0.3, 0.4) is 0 Å². The second-order valence-electron chi connectivity index (χ2n) is 5.87. The minimum absolute atomic E-state index is 0.0993. The van der Waals surface area contributed by atoms with E-state index in [0.29, 0.717) is 23.5 Å². The van der Waals surface area contributed by atoms with Gasteiger partial charge in [-0.15, -0.1) is 0 Å². The Hall–Kier alpha value is -2.86. The SMILES string of the molecule is O=C(NC[C@@H]1CCCO1)Nc1cccc(NC(=O)c2ccccc2)c1. The number of ether oxygens (including phenoxy) is 1. The number of urea groups is 1. The zero-order valence-electron chi connectivity index (χ0n) is 13.8. The minimum Gasteiger partial charge on any atom is -0.376 e. The Bertz CT molecular complexity index is 728. The summed E-state index contributed by atoms with van der Waals surface area (Å²) in [7, 11) is 0. The fourth-order valence-corrected chi connectivity index (χ4v) is 2.65. The van der Waals surface area contributed by atoms with Crippen LogP contribution < -0.4 is 16.0 Å². The van der Waals surface area contributed by atoms with Gasteiger partial charge in [0.15, 0.2) is 0 Å². The van der Waals surface area contributed by atoms with E-state index in [2.05, 4.69) is 16.0 Å². The molecule has 0 unspecified atom stereocenters. The van der Waals surface area contributed by atoms with Crippen molar-refractivity contribution in [1.82, 2.24) is 5.32 Å². The normalized spacial score (nSPS) is 16.2. The number of anilines is 2. The van der Waals surface area contributed by atoms with Crippen LogP contribution in [0.5, 0.6) is 0 Å². The van der Waals surface area contributed by atoms with E-state index < -0.39 is 0 Å². The van der Waals surface area contributed by atoms with E-state index in [-0.39, 0.29) is 18.0 Å². The van der Waals surface area contributed by atoms with Crippen LogP contribution in [0.4, 0.5) is 16.2 Å². The molecule has 3 N–H and O–H groups in total. The van der Waals surface area contributed by atoms with Gasteiger partial charge in [-0.05, 0) is 43.2 Å². The van der Waals surface area contributed by atoms with Crippen molar-refractivity contribution < 1.29 is 14.3 Å². The van der Waals surface area contributed by atoms with Crippen LogP contribution in [-0.2, 0) is 4.74 Å². The first-order valence-electron chi connectivity index (χ1n) is 8.33. The predicted molar refractivity (Wildman–Crippen MR) is 96.8 cm³/mol. The number of nitrogens with one attached hydrogen (secondary N) is 3. The van der Waals surface area contributed by atoms with E-state index in [1.165, 1.54) is 0 Å². The predicted octanol–water partition coefficient (Wildman–Crippen LogP) is 3.24. The first-order valence-corrected chi connectivity index (χ1v) is 8.33. The van der Waals surface area contributed by atoms with Gasteiger partial charge < -0.3 is 20.7 Å². The van der Waals surface area contributed by atoms with Gasteiger partial charge in [0.25, 0.3) is 5.91 Å². The highest BCUT2D eigenvalue weighted by molar-refractivity contribution is 6.04. The van der Waals surface area contributed by atoms with Crippen molar-refractivity contribution in [3.63, 3.8) is 0 Å². The molecule has 0 aliphatic carbocycles. The Labute approximate surface area is 146 Å². The first kappa shape index (κ1) is 17.0. The summed E-state index contributed by atoms with van der Waals surface area (Å²) in [5.41, 5.74) is 1.80. The van der Waals surface area contributed by atoms with E-state index in [1.807, 2.05) is 18.2 Å². The molecule has 6 nitrogen and oxygen atoms in total. The maximum absolute atomic E-state index is 12.2. The highest BCUT2D eigenvalue weighted by atomic mass is 16.5. The second kappa shape index (κ2) is 8.30. The van der Waals surface area contributed by atoms with Gasteiger partial charge in [0, 0.05) is 30.1 Å². The van der Waals surface area contributed by atoms with E-state index >= 15 is 0 Å². The molecular weight excluding hydrogens is 318 g/mol. The average molecular weight is 339 g/mol. The van der Waals surface area contributed by atoms with Gasteiger partial charge in [0.2, 0.25) is 0 Å². The largest absolute Gasteiger partial charge is 0.376 e. The molecule has 1 heterocycles. The highest BCUT2D eigenvalue weighted by Crippen LogP contribution is 2.16. The van der Waals surface area contributed by atoms with Gasteiger partial charge in [0.05, 0.1) is 6.10 Å². The summed E-state index contributed by atoms with van der Waals surface area (Å²) < 4.78 is 5.47. The Morgan fingerprint density at radius 1 is 1.00 bits per heavy atom. The summed E-state index contributed by atoms with van der Waals surface area (Å²) in [6, 6.07) is 15.7. The molecule has 1 aliphatic heterocycles. The Morgan fingerprint density at radius 2 is 1.76 bits per heavy atom. The summed E-state index contributed by atoms with van der Waals surface area (Å²) in [5.74, 6) is -0.194. The molecule has 1 fully saturated rings. The van der Waals surface area contributed by atoms with Crippen molar-refractivity contribution in [3.05, 3.63) is 60.2 Å². The topological polar surface area (TPSA) is 79.5 Å². The summed E-state index contributed by atoms with van der Waals surface area (Å²) in [6.07, 6.45) is 2.11. The number of amides is 3. The molecule has 0 aromatic heterocycles. The molecule has 0 saturated carbocycles. The van der Waals surface area contributed by atoms with E-state index in [1.54, 1.807) is 36.4 Å². The van der Waals surface area contributed by atoms with Gasteiger partial charge >= 0.3 is 6.03 Å². The lowest BCUT2D eigenvalue weighted by molar-refractivity contribution is 0.102. The molecule has 6 heteroatoms. The Morgan fingerprint density at radius 3 is 2.48 bits per heavy atom. The van der Waals surface area contributed by atoms with Crippen LogP contribution in [0.2, 0.25) is 0 Å². The zero-order valence-corrected chi connectivity index (χ0v) is 13.8. The van der Waals surface area contributed by atoms with E-state index in [4.69, 9.17) is 4.74 Å². The van der Waals surface area contributed by atoms with Crippen molar-refractivity contribution in [1.29, 1.82) is 0 Å². The molecule has 1 atom stereocenters. The number of carbonyl (C=O) groups is 2. The van der Waals surface area contributed by atoms with Crippen molar-refractivity contribution in [2.75, 3.05) is 23.8 Å². The maximum atomic E-state index is 12.2. The molecule has 3 amide bonds. The lowest BCUT2D eigenvalue weighted by Crippen LogP contribution is -2.35. The molecule has 1 aliphatic rings. The minimum atomic E-state index is -0.290. The monoisotopic (exact) mass is 339 g/mol. The molecular formula is C19H21N3O3. The van der Waals surface area contributed by atoms with Crippen LogP contribution in [0.15, 0.2) is 54.6 Å². The molecule has 2 aromatic rings. The second-order valence-corrected chi connectivity index (χ2v) is 5.87. The van der Waals surface area contributed by atoms with Crippen molar-refractivity contribution in [2.24, 2.45) is 0 Å². The van der Waals surface area contributed by atoms with Crippen molar-refractivity contribution in [2.45, 2.75) is 18.9 Å². The lowest BCUT2D eigenvalue weighted by Gasteiger charge is -2.12. The number of hydrogen-bond acceptors (Lipinski definition) is 3. The van der Waals surface area contributed by atoms with Gasteiger partial charge in [-0.1, -0.05) is 24.3 Å². The average Bonchev–Trinajstić information content (AvgIpc) is 3.15. The summed E-state index contributed by atoms with van der Waals surface area (Å²) in [5, 5.41) is 8.38. The van der Waals surface area contributed by atoms with Gasteiger partial charge in [-0.3, -0.25) is 4.79 Å². The Balaban J connectivity index is 1.53. The zero-order chi connectivity index (χ0) is 17.5. The number of carbonyl (C=O) groups excluding carboxylic acids is 2. The molecule has 0 spiro atoms. The number of hydrogen-bond donors (Lipinski definition) is 3. The summed E-state index contributed by atoms with van der Waals surface area (Å²) >= 11 is 0. The molecule has 2 aromatic carbocycles. The van der Waals surface area contributed by atoms with Gasteiger partial charge in [0.1, 0.15) is 0 Å². The number of rotatable bonds is 5. The molecule has 0 radical (unpaired) electrons. The van der Waals surface area contributed by atoms with E-state index in [0.717, 1.165) is 19.4 Å². The Kier molecular flexibility index (Phi) is 5.64. The van der Waals surface area contributed by atoms with Crippen molar-refractivity contribution >= 4 is 23.3 Å². The number of benzene rings is 2. The quantitative estimate of drug-likeness (QED) is 0.782. The van der Waals surface area contributed by atoms with Crippen LogP contribution in [0, 0.1) is 0 Å². The fraction of sp³-hybridized carbons (Fsp3) is 0.263. The maximum Gasteiger partial charge on any atom is 0.319 e. The molecule has 25 heavy (non-hydrogen) atoms.